The maximum Gasteiger partial charge on any atom is 0.129 e. The van der Waals surface area contributed by atoms with E-state index in [0.29, 0.717) is 5.15 Å². The molecule has 1 unspecified atom stereocenters. The minimum atomic E-state index is 0.240. The number of nitrogens with one attached hydrogen (secondary N) is 1. The first-order valence-corrected chi connectivity index (χ1v) is 6.15. The molecular formula is C14H13ClN2. The highest BCUT2D eigenvalue weighted by Gasteiger charge is 2.20. The smallest absolute Gasteiger partial charge is 0.129 e. The number of fused-ring (bicyclic) bond motifs is 1. The molecule has 1 aromatic carbocycles. The second-order valence-corrected chi connectivity index (χ2v) is 4.64. The van der Waals surface area contributed by atoms with Crippen molar-refractivity contribution in [1.29, 1.82) is 0 Å². The van der Waals surface area contributed by atoms with Crippen LogP contribution >= 0.6 is 11.6 Å². The van der Waals surface area contributed by atoms with Gasteiger partial charge in [0, 0.05) is 12.7 Å². The Morgan fingerprint density at radius 2 is 2.06 bits per heavy atom. The zero-order chi connectivity index (χ0) is 11.7. The molecule has 0 radical (unpaired) electrons. The van der Waals surface area contributed by atoms with Crippen LogP contribution in [-0.4, -0.2) is 11.5 Å². The van der Waals surface area contributed by atoms with Crippen LogP contribution in [0, 0.1) is 0 Å². The monoisotopic (exact) mass is 244 g/mol. The molecule has 0 amide bonds. The molecule has 2 aromatic rings. The molecule has 0 fully saturated rings. The van der Waals surface area contributed by atoms with Crippen LogP contribution in [0.1, 0.15) is 22.7 Å². The lowest BCUT2D eigenvalue weighted by Crippen LogP contribution is -2.30. The van der Waals surface area contributed by atoms with Crippen molar-refractivity contribution in [1.82, 2.24) is 10.3 Å². The van der Waals surface area contributed by atoms with E-state index < -0.39 is 0 Å². The number of nitrogens with zero attached hydrogens (tertiary/aromatic N) is 1. The summed E-state index contributed by atoms with van der Waals surface area (Å²) in [7, 11) is 0. The number of hydrogen-bond donors (Lipinski definition) is 1. The van der Waals surface area contributed by atoms with Crippen molar-refractivity contribution in [2.45, 2.75) is 12.5 Å². The van der Waals surface area contributed by atoms with Gasteiger partial charge in [-0.25, -0.2) is 4.98 Å². The Morgan fingerprint density at radius 1 is 1.18 bits per heavy atom. The van der Waals surface area contributed by atoms with Gasteiger partial charge >= 0.3 is 0 Å². The van der Waals surface area contributed by atoms with Gasteiger partial charge in [0.1, 0.15) is 5.15 Å². The van der Waals surface area contributed by atoms with E-state index in [1.165, 1.54) is 16.7 Å². The molecule has 17 heavy (non-hydrogen) atoms. The number of pyridine rings is 1. The third kappa shape index (κ3) is 2.06. The molecular weight excluding hydrogens is 232 g/mol. The van der Waals surface area contributed by atoms with E-state index in [9.17, 15) is 0 Å². The summed E-state index contributed by atoms with van der Waals surface area (Å²) in [5.41, 5.74) is 3.94. The molecule has 0 aliphatic carbocycles. The highest BCUT2D eigenvalue weighted by atomic mass is 35.5. The minimum absolute atomic E-state index is 0.240. The van der Waals surface area contributed by atoms with Crippen LogP contribution in [0.15, 0.2) is 42.6 Å². The van der Waals surface area contributed by atoms with E-state index in [0.717, 1.165) is 13.0 Å². The molecule has 3 rings (SSSR count). The van der Waals surface area contributed by atoms with Crippen molar-refractivity contribution in [3.63, 3.8) is 0 Å². The lowest BCUT2D eigenvalue weighted by Gasteiger charge is -2.27. The molecule has 3 heteroatoms. The molecule has 1 aliphatic heterocycles. The first kappa shape index (κ1) is 10.8. The normalized spacial score (nSPS) is 18.8. The second kappa shape index (κ2) is 4.47. The summed E-state index contributed by atoms with van der Waals surface area (Å²) in [6.07, 6.45) is 2.94. The highest BCUT2D eigenvalue weighted by molar-refractivity contribution is 6.29. The fourth-order valence-electron chi connectivity index (χ4n) is 2.36. The number of rotatable bonds is 1. The average Bonchev–Trinajstić information content (AvgIpc) is 2.39. The van der Waals surface area contributed by atoms with Gasteiger partial charge in [0.25, 0.3) is 0 Å². The van der Waals surface area contributed by atoms with Crippen LogP contribution in [0.3, 0.4) is 0 Å². The van der Waals surface area contributed by atoms with Gasteiger partial charge in [0.05, 0.1) is 6.04 Å². The molecule has 1 atom stereocenters. The highest BCUT2D eigenvalue weighted by Crippen LogP contribution is 2.28. The molecule has 0 saturated carbocycles. The van der Waals surface area contributed by atoms with Gasteiger partial charge in [-0.15, -0.1) is 0 Å². The van der Waals surface area contributed by atoms with Gasteiger partial charge in [-0.3, -0.25) is 0 Å². The van der Waals surface area contributed by atoms with Crippen molar-refractivity contribution in [3.05, 3.63) is 64.4 Å². The predicted octanol–water partition coefficient (Wildman–Crippen LogP) is 2.97. The minimum Gasteiger partial charge on any atom is -0.306 e. The van der Waals surface area contributed by atoms with E-state index >= 15 is 0 Å². The van der Waals surface area contributed by atoms with E-state index in [4.69, 9.17) is 11.6 Å². The zero-order valence-corrected chi connectivity index (χ0v) is 10.1. The fraction of sp³-hybridized carbons (Fsp3) is 0.214. The predicted molar refractivity (Wildman–Crippen MR) is 69.2 cm³/mol. The lowest BCUT2D eigenvalue weighted by atomic mass is 9.91. The van der Waals surface area contributed by atoms with Gasteiger partial charge < -0.3 is 5.32 Å². The van der Waals surface area contributed by atoms with E-state index in [1.54, 1.807) is 0 Å². The van der Waals surface area contributed by atoms with Crippen LogP contribution < -0.4 is 5.32 Å². The summed E-state index contributed by atoms with van der Waals surface area (Å²) in [5.74, 6) is 0. The van der Waals surface area contributed by atoms with Crippen LogP contribution in [0.25, 0.3) is 0 Å². The van der Waals surface area contributed by atoms with Gasteiger partial charge in [0.15, 0.2) is 0 Å². The maximum absolute atomic E-state index is 5.82. The third-order valence-corrected chi connectivity index (χ3v) is 3.42. The van der Waals surface area contributed by atoms with E-state index in [2.05, 4.69) is 34.6 Å². The Kier molecular flexibility index (Phi) is 2.83. The Bertz CT molecular complexity index is 522. The summed E-state index contributed by atoms with van der Waals surface area (Å²) in [5, 5.41) is 4.07. The number of aromatic nitrogens is 1. The van der Waals surface area contributed by atoms with Crippen LogP contribution in [-0.2, 0) is 6.42 Å². The molecule has 0 spiro atoms. The maximum atomic E-state index is 5.82. The van der Waals surface area contributed by atoms with Crippen molar-refractivity contribution in [3.8, 4) is 0 Å². The zero-order valence-electron chi connectivity index (χ0n) is 9.36. The lowest BCUT2D eigenvalue weighted by molar-refractivity contribution is 0.566. The third-order valence-electron chi connectivity index (χ3n) is 3.19. The SMILES string of the molecule is Clc1ccc(C2NCCc3ccccc32)cn1. The summed E-state index contributed by atoms with van der Waals surface area (Å²) in [6.45, 7) is 1.00. The van der Waals surface area contributed by atoms with Crippen molar-refractivity contribution >= 4 is 11.6 Å². The number of benzene rings is 1. The standard InChI is InChI=1S/C14H13ClN2/c15-13-6-5-11(9-17-13)14-12-4-2-1-3-10(12)7-8-16-14/h1-6,9,14,16H,7-8H2. The van der Waals surface area contributed by atoms with Crippen LogP contribution in [0.4, 0.5) is 0 Å². The summed E-state index contributed by atoms with van der Waals surface area (Å²) < 4.78 is 0. The molecule has 1 aromatic heterocycles. The summed E-state index contributed by atoms with van der Waals surface area (Å²) >= 11 is 5.82. The molecule has 0 saturated heterocycles. The first-order valence-electron chi connectivity index (χ1n) is 5.77. The van der Waals surface area contributed by atoms with Gasteiger partial charge in [-0.2, -0.15) is 0 Å². The average molecular weight is 245 g/mol. The largest absolute Gasteiger partial charge is 0.306 e. The molecule has 0 bridgehead atoms. The van der Waals surface area contributed by atoms with Crippen molar-refractivity contribution in [2.75, 3.05) is 6.54 Å². The quantitative estimate of drug-likeness (QED) is 0.781. The van der Waals surface area contributed by atoms with E-state index in [1.807, 2.05) is 18.3 Å². The Morgan fingerprint density at radius 3 is 2.88 bits per heavy atom. The summed E-state index contributed by atoms with van der Waals surface area (Å²) in [4.78, 5) is 4.15. The van der Waals surface area contributed by atoms with Crippen molar-refractivity contribution in [2.24, 2.45) is 0 Å². The van der Waals surface area contributed by atoms with Crippen LogP contribution in [0.5, 0.6) is 0 Å². The topological polar surface area (TPSA) is 24.9 Å². The molecule has 2 heterocycles. The molecule has 1 N–H and O–H groups in total. The second-order valence-electron chi connectivity index (χ2n) is 4.25. The number of halogens is 1. The summed E-state index contributed by atoms with van der Waals surface area (Å²) in [6, 6.07) is 12.7. The molecule has 86 valence electrons. The van der Waals surface area contributed by atoms with Crippen molar-refractivity contribution < 1.29 is 0 Å². The number of hydrogen-bond acceptors (Lipinski definition) is 2. The molecule has 1 aliphatic rings. The van der Waals surface area contributed by atoms with Crippen LogP contribution in [0.2, 0.25) is 5.15 Å². The fourth-order valence-corrected chi connectivity index (χ4v) is 2.47. The van der Waals surface area contributed by atoms with Gasteiger partial charge in [-0.05, 0) is 29.2 Å². The Hall–Kier alpha value is -1.38. The molecule has 2 nitrogen and oxygen atoms in total. The van der Waals surface area contributed by atoms with Gasteiger partial charge in [-0.1, -0.05) is 41.9 Å². The Labute approximate surface area is 106 Å². The Balaban J connectivity index is 2.03. The van der Waals surface area contributed by atoms with E-state index in [-0.39, 0.29) is 6.04 Å². The first-order chi connectivity index (χ1) is 8.34. The van der Waals surface area contributed by atoms with Gasteiger partial charge in [0.2, 0.25) is 0 Å².